The molecule has 0 atom stereocenters. The summed E-state index contributed by atoms with van der Waals surface area (Å²) in [6.45, 7) is 4.56. The minimum atomic E-state index is 0.0679. The second-order valence-electron chi connectivity index (χ2n) is 4.55. The zero-order valence-corrected chi connectivity index (χ0v) is 13.3. The molecule has 2 heterocycles. The number of amides is 2. The molecular formula is C13H17BrN2O2S. The molecule has 1 fully saturated rings. The van der Waals surface area contributed by atoms with Crippen LogP contribution in [0.3, 0.4) is 0 Å². The molecule has 2 amide bonds. The Morgan fingerprint density at radius 2 is 1.89 bits per heavy atom. The third-order valence-electron chi connectivity index (χ3n) is 3.16. The number of hydrogen-bond donors (Lipinski definition) is 0. The Labute approximate surface area is 125 Å². The largest absolute Gasteiger partial charge is 0.339 e. The molecule has 0 spiro atoms. The highest BCUT2D eigenvalue weighted by Crippen LogP contribution is 2.21. The summed E-state index contributed by atoms with van der Waals surface area (Å²) in [6, 6.07) is 1.85. The second-order valence-corrected chi connectivity index (χ2v) is 6.38. The maximum Gasteiger partial charge on any atom is 0.264 e. The Kier molecular flexibility index (Phi) is 4.99. The van der Waals surface area contributed by atoms with Gasteiger partial charge in [-0.25, -0.2) is 0 Å². The first-order valence-corrected chi connectivity index (χ1v) is 8.10. The number of rotatable bonds is 3. The lowest BCUT2D eigenvalue weighted by Gasteiger charge is -2.34. The van der Waals surface area contributed by atoms with E-state index in [-0.39, 0.29) is 11.8 Å². The molecule has 0 unspecified atom stereocenters. The van der Waals surface area contributed by atoms with Crippen LogP contribution < -0.4 is 0 Å². The highest BCUT2D eigenvalue weighted by Gasteiger charge is 2.24. The number of carbonyl (C=O) groups is 2. The highest BCUT2D eigenvalue weighted by molar-refractivity contribution is 9.10. The van der Waals surface area contributed by atoms with Gasteiger partial charge in [-0.2, -0.15) is 0 Å². The average Bonchev–Trinajstić information content (AvgIpc) is 2.85. The predicted molar refractivity (Wildman–Crippen MR) is 79.4 cm³/mol. The van der Waals surface area contributed by atoms with Crippen molar-refractivity contribution in [3.8, 4) is 0 Å². The van der Waals surface area contributed by atoms with Gasteiger partial charge in [-0.1, -0.05) is 6.92 Å². The van der Waals surface area contributed by atoms with Crippen LogP contribution in [0, 0.1) is 0 Å². The van der Waals surface area contributed by atoms with Crippen molar-refractivity contribution < 1.29 is 9.59 Å². The third kappa shape index (κ3) is 3.57. The minimum absolute atomic E-state index is 0.0679. The van der Waals surface area contributed by atoms with Crippen LogP contribution in [0.15, 0.2) is 15.9 Å². The summed E-state index contributed by atoms with van der Waals surface area (Å²) in [6.07, 6.45) is 1.48. The van der Waals surface area contributed by atoms with Gasteiger partial charge in [0.05, 0.1) is 4.88 Å². The average molecular weight is 345 g/mol. The van der Waals surface area contributed by atoms with Gasteiger partial charge in [0, 0.05) is 42.5 Å². The molecule has 1 aromatic heterocycles. The Hall–Kier alpha value is -0.880. The molecule has 0 radical (unpaired) electrons. The van der Waals surface area contributed by atoms with Crippen LogP contribution >= 0.6 is 27.3 Å². The van der Waals surface area contributed by atoms with Crippen molar-refractivity contribution in [2.45, 2.75) is 19.8 Å². The number of nitrogens with zero attached hydrogens (tertiary/aromatic N) is 2. The number of carbonyl (C=O) groups excluding carboxylic acids is 2. The van der Waals surface area contributed by atoms with Crippen molar-refractivity contribution in [1.82, 2.24) is 9.80 Å². The molecule has 19 heavy (non-hydrogen) atoms. The molecule has 0 bridgehead atoms. The number of piperazine rings is 1. The van der Waals surface area contributed by atoms with Crippen molar-refractivity contribution in [3.05, 3.63) is 20.8 Å². The Bertz CT molecular complexity index is 467. The standard InChI is InChI=1S/C13H17BrN2O2S/c1-2-3-12(17)15-4-6-16(7-5-15)13(18)11-8-10(14)9-19-11/h8-9H,2-7H2,1H3. The van der Waals surface area contributed by atoms with E-state index in [0.29, 0.717) is 32.6 Å². The fraction of sp³-hybridized carbons (Fsp3) is 0.538. The van der Waals surface area contributed by atoms with Crippen LogP contribution in [0.4, 0.5) is 0 Å². The van der Waals surface area contributed by atoms with E-state index in [1.165, 1.54) is 11.3 Å². The molecular weight excluding hydrogens is 328 g/mol. The first-order chi connectivity index (χ1) is 9.11. The van der Waals surface area contributed by atoms with Crippen molar-refractivity contribution in [2.24, 2.45) is 0 Å². The van der Waals surface area contributed by atoms with Gasteiger partial charge in [-0.05, 0) is 28.4 Å². The lowest BCUT2D eigenvalue weighted by molar-refractivity contribution is -0.132. The van der Waals surface area contributed by atoms with Gasteiger partial charge in [0.25, 0.3) is 5.91 Å². The monoisotopic (exact) mass is 344 g/mol. The minimum Gasteiger partial charge on any atom is -0.339 e. The molecule has 0 aliphatic carbocycles. The van der Waals surface area contributed by atoms with Crippen molar-refractivity contribution >= 4 is 39.1 Å². The molecule has 4 nitrogen and oxygen atoms in total. The summed E-state index contributed by atoms with van der Waals surface area (Å²) in [5, 5.41) is 1.91. The number of thiophene rings is 1. The summed E-state index contributed by atoms with van der Waals surface area (Å²) < 4.78 is 0.942. The van der Waals surface area contributed by atoms with Crippen LogP contribution in [-0.4, -0.2) is 47.8 Å². The van der Waals surface area contributed by atoms with E-state index in [2.05, 4.69) is 15.9 Å². The Morgan fingerprint density at radius 1 is 1.26 bits per heavy atom. The zero-order valence-electron chi connectivity index (χ0n) is 10.9. The van der Waals surface area contributed by atoms with Gasteiger partial charge in [-0.15, -0.1) is 11.3 Å². The summed E-state index contributed by atoms with van der Waals surface area (Å²) in [4.78, 5) is 28.4. The SMILES string of the molecule is CCCC(=O)N1CCN(C(=O)c2cc(Br)cs2)CC1. The summed E-state index contributed by atoms with van der Waals surface area (Å²) in [5.41, 5.74) is 0. The molecule has 0 saturated carbocycles. The zero-order chi connectivity index (χ0) is 13.8. The molecule has 1 aliphatic heterocycles. The molecule has 1 saturated heterocycles. The summed E-state index contributed by atoms with van der Waals surface area (Å²) in [5.74, 6) is 0.270. The van der Waals surface area contributed by atoms with E-state index in [1.807, 2.05) is 28.2 Å². The van der Waals surface area contributed by atoms with Crippen LogP contribution in [0.2, 0.25) is 0 Å². The van der Waals surface area contributed by atoms with E-state index < -0.39 is 0 Å². The van der Waals surface area contributed by atoms with Gasteiger partial charge in [0.15, 0.2) is 0 Å². The summed E-state index contributed by atoms with van der Waals surface area (Å²) in [7, 11) is 0. The predicted octanol–water partition coefficient (Wildman–Crippen LogP) is 2.60. The summed E-state index contributed by atoms with van der Waals surface area (Å²) >= 11 is 4.81. The van der Waals surface area contributed by atoms with Crippen molar-refractivity contribution in [1.29, 1.82) is 0 Å². The molecule has 1 aromatic rings. The van der Waals surface area contributed by atoms with Gasteiger partial charge >= 0.3 is 0 Å². The Balaban J connectivity index is 1.89. The van der Waals surface area contributed by atoms with E-state index >= 15 is 0 Å². The highest BCUT2D eigenvalue weighted by atomic mass is 79.9. The van der Waals surface area contributed by atoms with Gasteiger partial charge in [0.1, 0.15) is 0 Å². The molecule has 6 heteroatoms. The molecule has 1 aliphatic rings. The fourth-order valence-electron chi connectivity index (χ4n) is 2.11. The van der Waals surface area contributed by atoms with Crippen LogP contribution in [0.25, 0.3) is 0 Å². The maximum absolute atomic E-state index is 12.2. The fourth-order valence-corrected chi connectivity index (χ4v) is 3.51. The lowest BCUT2D eigenvalue weighted by atomic mass is 10.2. The van der Waals surface area contributed by atoms with Crippen molar-refractivity contribution in [2.75, 3.05) is 26.2 Å². The second kappa shape index (κ2) is 6.52. The van der Waals surface area contributed by atoms with Gasteiger partial charge in [0.2, 0.25) is 5.91 Å². The van der Waals surface area contributed by atoms with E-state index in [4.69, 9.17) is 0 Å². The van der Waals surface area contributed by atoms with Gasteiger partial charge in [-0.3, -0.25) is 9.59 Å². The van der Waals surface area contributed by atoms with Gasteiger partial charge < -0.3 is 9.80 Å². The van der Waals surface area contributed by atoms with E-state index in [9.17, 15) is 9.59 Å². The molecule has 2 rings (SSSR count). The number of halogens is 1. The topological polar surface area (TPSA) is 40.6 Å². The quantitative estimate of drug-likeness (QED) is 0.845. The Morgan fingerprint density at radius 3 is 2.42 bits per heavy atom. The number of hydrogen-bond acceptors (Lipinski definition) is 3. The third-order valence-corrected chi connectivity index (χ3v) is 4.84. The van der Waals surface area contributed by atoms with Crippen LogP contribution in [0.1, 0.15) is 29.4 Å². The first-order valence-electron chi connectivity index (χ1n) is 6.43. The van der Waals surface area contributed by atoms with Crippen LogP contribution in [-0.2, 0) is 4.79 Å². The molecule has 0 aromatic carbocycles. The molecule has 104 valence electrons. The van der Waals surface area contributed by atoms with E-state index in [0.717, 1.165) is 15.8 Å². The lowest BCUT2D eigenvalue weighted by Crippen LogP contribution is -2.50. The smallest absolute Gasteiger partial charge is 0.264 e. The first kappa shape index (κ1) is 14.5. The molecule has 0 N–H and O–H groups in total. The maximum atomic E-state index is 12.2. The van der Waals surface area contributed by atoms with E-state index in [1.54, 1.807) is 0 Å². The van der Waals surface area contributed by atoms with Crippen molar-refractivity contribution in [3.63, 3.8) is 0 Å². The normalized spacial score (nSPS) is 15.7. The van der Waals surface area contributed by atoms with Crippen LogP contribution in [0.5, 0.6) is 0 Å².